The summed E-state index contributed by atoms with van der Waals surface area (Å²) >= 11 is 11.7. The van der Waals surface area contributed by atoms with E-state index in [1.165, 1.54) is 24.3 Å². The predicted molar refractivity (Wildman–Crippen MR) is 83.4 cm³/mol. The molecule has 0 amide bonds. The van der Waals surface area contributed by atoms with E-state index < -0.39 is 28.4 Å². The van der Waals surface area contributed by atoms with Gasteiger partial charge in [-0.1, -0.05) is 29.3 Å². The van der Waals surface area contributed by atoms with Crippen LogP contribution in [0.3, 0.4) is 0 Å². The molecule has 0 spiro atoms. The van der Waals surface area contributed by atoms with Crippen molar-refractivity contribution in [3.05, 3.63) is 63.4 Å². The highest BCUT2D eigenvalue weighted by molar-refractivity contribution is 7.89. The third kappa shape index (κ3) is 4.20. The van der Waals surface area contributed by atoms with E-state index in [-0.39, 0.29) is 26.1 Å². The molecule has 0 aliphatic rings. The van der Waals surface area contributed by atoms with Gasteiger partial charge in [-0.05, 0) is 30.3 Å². The van der Waals surface area contributed by atoms with Gasteiger partial charge in [0.25, 0.3) is 0 Å². The van der Waals surface area contributed by atoms with Gasteiger partial charge in [0.15, 0.2) is 0 Å². The van der Waals surface area contributed by atoms with Crippen LogP contribution in [0.2, 0.25) is 10.0 Å². The van der Waals surface area contributed by atoms with Crippen molar-refractivity contribution in [1.29, 1.82) is 0 Å². The average molecular weight is 378 g/mol. The second kappa shape index (κ2) is 6.84. The first-order valence-electron chi connectivity index (χ1n) is 6.12. The summed E-state index contributed by atoms with van der Waals surface area (Å²) in [6.07, 6.45) is 0. The standard InChI is InChI=1S/C14H10Cl2FNO4S/c15-11-2-1-3-13(17)10(11)7-22-14(19)9-6-8(23(18,20)21)4-5-12(9)16/h1-6H,7H2,(H2,18,20,21). The zero-order chi connectivity index (χ0) is 17.2. The van der Waals surface area contributed by atoms with Gasteiger partial charge in [-0.2, -0.15) is 0 Å². The van der Waals surface area contributed by atoms with Crippen molar-refractivity contribution in [1.82, 2.24) is 0 Å². The molecule has 0 heterocycles. The Kier molecular flexibility index (Phi) is 5.26. The molecule has 122 valence electrons. The van der Waals surface area contributed by atoms with Gasteiger partial charge in [0.05, 0.1) is 20.5 Å². The van der Waals surface area contributed by atoms with Gasteiger partial charge >= 0.3 is 5.97 Å². The number of halogens is 3. The van der Waals surface area contributed by atoms with Gasteiger partial charge in [0.2, 0.25) is 10.0 Å². The number of ether oxygens (including phenoxy) is 1. The van der Waals surface area contributed by atoms with Crippen LogP contribution in [0.25, 0.3) is 0 Å². The van der Waals surface area contributed by atoms with Crippen molar-refractivity contribution in [2.75, 3.05) is 0 Å². The molecule has 23 heavy (non-hydrogen) atoms. The van der Waals surface area contributed by atoms with E-state index in [9.17, 15) is 17.6 Å². The van der Waals surface area contributed by atoms with Gasteiger partial charge in [0.1, 0.15) is 12.4 Å². The summed E-state index contributed by atoms with van der Waals surface area (Å²) in [6, 6.07) is 7.38. The fraction of sp³-hybridized carbons (Fsp3) is 0.0714. The number of carbonyl (C=O) groups is 1. The van der Waals surface area contributed by atoms with Crippen LogP contribution in [-0.4, -0.2) is 14.4 Å². The van der Waals surface area contributed by atoms with Gasteiger partial charge in [-0.15, -0.1) is 0 Å². The molecule has 0 radical (unpaired) electrons. The first-order valence-corrected chi connectivity index (χ1v) is 8.42. The number of carbonyl (C=O) groups excluding carboxylic acids is 1. The van der Waals surface area contributed by atoms with E-state index in [4.69, 9.17) is 33.1 Å². The van der Waals surface area contributed by atoms with Crippen LogP contribution in [0.5, 0.6) is 0 Å². The number of benzene rings is 2. The Bertz CT molecular complexity index is 851. The highest BCUT2D eigenvalue weighted by atomic mass is 35.5. The number of esters is 1. The summed E-state index contributed by atoms with van der Waals surface area (Å²) in [4.78, 5) is 11.7. The normalized spacial score (nSPS) is 11.3. The summed E-state index contributed by atoms with van der Waals surface area (Å²) in [5.41, 5.74) is -0.202. The maximum absolute atomic E-state index is 13.6. The first-order chi connectivity index (χ1) is 10.7. The topological polar surface area (TPSA) is 86.5 Å². The minimum Gasteiger partial charge on any atom is -0.457 e. The van der Waals surface area contributed by atoms with Crippen LogP contribution in [-0.2, 0) is 21.4 Å². The lowest BCUT2D eigenvalue weighted by Crippen LogP contribution is -2.14. The Morgan fingerprint density at radius 3 is 2.48 bits per heavy atom. The number of nitrogens with two attached hydrogens (primary N) is 1. The lowest BCUT2D eigenvalue weighted by atomic mass is 10.2. The van der Waals surface area contributed by atoms with Crippen molar-refractivity contribution in [2.24, 2.45) is 5.14 Å². The minimum atomic E-state index is -4.00. The molecule has 2 aromatic carbocycles. The zero-order valence-electron chi connectivity index (χ0n) is 11.4. The maximum Gasteiger partial charge on any atom is 0.340 e. The third-order valence-corrected chi connectivity index (χ3v) is 4.49. The fourth-order valence-corrected chi connectivity index (χ4v) is 2.68. The highest BCUT2D eigenvalue weighted by Gasteiger charge is 2.18. The first kappa shape index (κ1) is 17.7. The van der Waals surface area contributed by atoms with Crippen molar-refractivity contribution < 1.29 is 22.3 Å². The van der Waals surface area contributed by atoms with Crippen LogP contribution in [0.4, 0.5) is 4.39 Å². The molecule has 0 saturated carbocycles. The quantitative estimate of drug-likeness (QED) is 0.829. The van der Waals surface area contributed by atoms with E-state index in [2.05, 4.69) is 0 Å². The zero-order valence-corrected chi connectivity index (χ0v) is 13.8. The molecule has 0 unspecified atom stereocenters. The molecule has 0 bridgehead atoms. The molecule has 0 atom stereocenters. The average Bonchev–Trinajstić information content (AvgIpc) is 2.45. The van der Waals surface area contributed by atoms with Crippen LogP contribution in [0, 0.1) is 5.82 Å². The van der Waals surface area contributed by atoms with Crippen molar-refractivity contribution in [3.8, 4) is 0 Å². The molecule has 2 rings (SSSR count). The van der Waals surface area contributed by atoms with Crippen LogP contribution in [0.15, 0.2) is 41.3 Å². The van der Waals surface area contributed by atoms with Gasteiger partial charge in [-0.3, -0.25) is 0 Å². The Balaban J connectivity index is 2.25. The minimum absolute atomic E-state index is 0.00115. The van der Waals surface area contributed by atoms with Gasteiger partial charge < -0.3 is 4.74 Å². The summed E-state index contributed by atoms with van der Waals surface area (Å²) in [5.74, 6) is -1.56. The van der Waals surface area contributed by atoms with Crippen LogP contribution < -0.4 is 5.14 Å². The lowest BCUT2D eigenvalue weighted by Gasteiger charge is -2.09. The summed E-state index contributed by atoms with van der Waals surface area (Å²) in [7, 11) is -4.00. The molecular formula is C14H10Cl2FNO4S. The molecule has 2 N–H and O–H groups in total. The molecule has 5 nitrogen and oxygen atoms in total. The number of sulfonamides is 1. The highest BCUT2D eigenvalue weighted by Crippen LogP contribution is 2.23. The van der Waals surface area contributed by atoms with E-state index >= 15 is 0 Å². The molecule has 9 heteroatoms. The van der Waals surface area contributed by atoms with Crippen LogP contribution in [0.1, 0.15) is 15.9 Å². The van der Waals surface area contributed by atoms with E-state index in [0.717, 1.165) is 12.1 Å². The van der Waals surface area contributed by atoms with Gasteiger partial charge in [0, 0.05) is 5.56 Å². The smallest absolute Gasteiger partial charge is 0.340 e. The van der Waals surface area contributed by atoms with Crippen molar-refractivity contribution in [2.45, 2.75) is 11.5 Å². The molecule has 0 aliphatic heterocycles. The number of rotatable bonds is 4. The SMILES string of the molecule is NS(=O)(=O)c1ccc(Cl)c(C(=O)OCc2c(F)cccc2Cl)c1. The Labute approximate surface area is 141 Å². The molecule has 0 saturated heterocycles. The lowest BCUT2D eigenvalue weighted by molar-refractivity contribution is 0.0469. The van der Waals surface area contributed by atoms with E-state index in [1.807, 2.05) is 0 Å². The fourth-order valence-electron chi connectivity index (χ4n) is 1.72. The van der Waals surface area contributed by atoms with Crippen LogP contribution >= 0.6 is 23.2 Å². The second-order valence-corrected chi connectivity index (χ2v) is 6.84. The van der Waals surface area contributed by atoms with Crippen molar-refractivity contribution in [3.63, 3.8) is 0 Å². The summed E-state index contributed by atoms with van der Waals surface area (Å²) in [6.45, 7) is -0.430. The van der Waals surface area contributed by atoms with Crippen molar-refractivity contribution >= 4 is 39.2 Å². The van der Waals surface area contributed by atoms with Gasteiger partial charge in [-0.25, -0.2) is 22.7 Å². The Morgan fingerprint density at radius 2 is 1.87 bits per heavy atom. The summed E-state index contributed by atoms with van der Waals surface area (Å²) < 4.78 is 41.2. The molecular weight excluding hydrogens is 368 g/mol. The molecule has 0 aliphatic carbocycles. The number of hydrogen-bond acceptors (Lipinski definition) is 4. The molecule has 0 fully saturated rings. The largest absolute Gasteiger partial charge is 0.457 e. The van der Waals surface area contributed by atoms with E-state index in [1.54, 1.807) is 0 Å². The maximum atomic E-state index is 13.6. The number of primary sulfonamides is 1. The predicted octanol–water partition coefficient (Wildman–Crippen LogP) is 3.14. The third-order valence-electron chi connectivity index (χ3n) is 2.90. The number of hydrogen-bond donors (Lipinski definition) is 1. The Morgan fingerprint density at radius 1 is 1.17 bits per heavy atom. The second-order valence-electron chi connectivity index (χ2n) is 4.46. The van der Waals surface area contributed by atoms with E-state index in [0.29, 0.717) is 0 Å². The Hall–Kier alpha value is -1.67. The molecule has 0 aromatic heterocycles. The molecule has 2 aromatic rings. The monoisotopic (exact) mass is 377 g/mol. The summed E-state index contributed by atoms with van der Waals surface area (Å²) in [5, 5.41) is 5.06.